The number of hydrogen-bond acceptors (Lipinski definition) is 4. The second-order valence-corrected chi connectivity index (χ2v) is 3.40. The predicted molar refractivity (Wildman–Crippen MR) is 43.5 cm³/mol. The van der Waals surface area contributed by atoms with E-state index in [4.69, 9.17) is 10.3 Å². The molecule has 1 heterocycles. The van der Waals surface area contributed by atoms with Gasteiger partial charge in [-0.2, -0.15) is 4.98 Å². The summed E-state index contributed by atoms with van der Waals surface area (Å²) in [5.41, 5.74) is 5.79. The molecule has 0 bridgehead atoms. The molecule has 2 rings (SSSR count). The predicted octanol–water partition coefficient (Wildman–Crippen LogP) is 1.05. The summed E-state index contributed by atoms with van der Waals surface area (Å²) in [4.78, 5) is 4.05. The van der Waals surface area contributed by atoms with Crippen molar-refractivity contribution in [2.75, 3.05) is 0 Å². The first-order valence-electron chi connectivity index (χ1n) is 4.38. The lowest BCUT2D eigenvalue weighted by atomic mass is 9.86. The first kappa shape index (κ1) is 7.73. The van der Waals surface area contributed by atoms with Crippen LogP contribution < -0.4 is 5.73 Å². The fraction of sp³-hybridized carbons (Fsp3) is 0.750. The fourth-order valence-electron chi connectivity index (χ4n) is 1.74. The molecule has 0 aromatic carbocycles. The van der Waals surface area contributed by atoms with Gasteiger partial charge in [-0.05, 0) is 25.7 Å². The van der Waals surface area contributed by atoms with Gasteiger partial charge in [-0.3, -0.25) is 0 Å². The average Bonchev–Trinajstić information content (AvgIpc) is 2.58. The Morgan fingerprint density at radius 1 is 1.33 bits per heavy atom. The van der Waals surface area contributed by atoms with Crippen molar-refractivity contribution >= 4 is 0 Å². The van der Waals surface area contributed by atoms with Gasteiger partial charge >= 0.3 is 0 Å². The zero-order valence-electron chi connectivity index (χ0n) is 6.94. The molecule has 1 aliphatic carbocycles. The standard InChI is InChI=1S/C8H13N3O/c9-7-3-1-6(2-4-7)8-10-5-12-11-8/h5-7H,1-4,9H2. The molecule has 4 heteroatoms. The molecule has 1 fully saturated rings. The quantitative estimate of drug-likeness (QED) is 0.679. The Kier molecular flexibility index (Phi) is 2.08. The molecule has 0 saturated heterocycles. The minimum atomic E-state index is 0.383. The van der Waals surface area contributed by atoms with Crippen molar-refractivity contribution in [1.29, 1.82) is 0 Å². The van der Waals surface area contributed by atoms with Gasteiger partial charge in [0.1, 0.15) is 0 Å². The molecule has 12 heavy (non-hydrogen) atoms. The molecule has 1 aliphatic rings. The molecule has 1 saturated carbocycles. The second kappa shape index (κ2) is 3.23. The number of nitrogens with zero attached hydrogens (tertiary/aromatic N) is 2. The molecular weight excluding hydrogens is 154 g/mol. The van der Waals surface area contributed by atoms with Gasteiger partial charge in [0.05, 0.1) is 0 Å². The second-order valence-electron chi connectivity index (χ2n) is 3.40. The van der Waals surface area contributed by atoms with E-state index in [1.54, 1.807) is 0 Å². The summed E-state index contributed by atoms with van der Waals surface area (Å²) in [6.07, 6.45) is 5.75. The highest BCUT2D eigenvalue weighted by atomic mass is 16.5. The van der Waals surface area contributed by atoms with Gasteiger partial charge in [-0.15, -0.1) is 0 Å². The van der Waals surface area contributed by atoms with E-state index >= 15 is 0 Å². The van der Waals surface area contributed by atoms with Gasteiger partial charge < -0.3 is 10.3 Å². The molecule has 1 aromatic rings. The number of aromatic nitrogens is 2. The molecule has 1 aromatic heterocycles. The third-order valence-electron chi connectivity index (χ3n) is 2.52. The Morgan fingerprint density at radius 3 is 2.67 bits per heavy atom. The lowest BCUT2D eigenvalue weighted by Gasteiger charge is -2.23. The van der Waals surface area contributed by atoms with Crippen LogP contribution >= 0.6 is 0 Å². The molecule has 0 amide bonds. The highest BCUT2D eigenvalue weighted by Crippen LogP contribution is 2.29. The van der Waals surface area contributed by atoms with Crippen LogP contribution in [0.2, 0.25) is 0 Å². The maximum atomic E-state index is 5.79. The van der Waals surface area contributed by atoms with Crippen molar-refractivity contribution in [2.45, 2.75) is 37.6 Å². The van der Waals surface area contributed by atoms with Crippen LogP contribution in [-0.2, 0) is 0 Å². The lowest BCUT2D eigenvalue weighted by molar-refractivity contribution is 0.360. The minimum Gasteiger partial charge on any atom is -0.343 e. The van der Waals surface area contributed by atoms with Crippen LogP contribution in [0.3, 0.4) is 0 Å². The molecule has 0 atom stereocenters. The molecule has 2 N–H and O–H groups in total. The zero-order valence-corrected chi connectivity index (χ0v) is 6.94. The van der Waals surface area contributed by atoms with Crippen molar-refractivity contribution in [1.82, 2.24) is 10.1 Å². The summed E-state index contributed by atoms with van der Waals surface area (Å²) >= 11 is 0. The molecule has 0 spiro atoms. The van der Waals surface area contributed by atoms with E-state index in [2.05, 4.69) is 10.1 Å². The SMILES string of the molecule is NC1CCC(c2ncon2)CC1. The monoisotopic (exact) mass is 167 g/mol. The van der Waals surface area contributed by atoms with Crippen molar-refractivity contribution in [3.8, 4) is 0 Å². The minimum absolute atomic E-state index is 0.383. The van der Waals surface area contributed by atoms with Gasteiger partial charge in [-0.25, -0.2) is 0 Å². The van der Waals surface area contributed by atoms with Gasteiger partial charge in [0.2, 0.25) is 6.39 Å². The van der Waals surface area contributed by atoms with Crippen LogP contribution in [0.4, 0.5) is 0 Å². The van der Waals surface area contributed by atoms with Crippen LogP contribution in [-0.4, -0.2) is 16.2 Å². The molecular formula is C8H13N3O. The van der Waals surface area contributed by atoms with Gasteiger partial charge in [-0.1, -0.05) is 5.16 Å². The van der Waals surface area contributed by atoms with Crippen molar-refractivity contribution < 1.29 is 4.52 Å². The van der Waals surface area contributed by atoms with Gasteiger partial charge in [0.25, 0.3) is 0 Å². The summed E-state index contributed by atoms with van der Waals surface area (Å²) in [6, 6.07) is 0.383. The van der Waals surface area contributed by atoms with Crippen LogP contribution in [0.15, 0.2) is 10.9 Å². The van der Waals surface area contributed by atoms with E-state index in [0.717, 1.165) is 31.5 Å². The van der Waals surface area contributed by atoms with E-state index in [1.807, 2.05) is 0 Å². The highest BCUT2D eigenvalue weighted by molar-refractivity contribution is 4.95. The van der Waals surface area contributed by atoms with Crippen LogP contribution in [0.1, 0.15) is 37.4 Å². The molecule has 0 unspecified atom stereocenters. The van der Waals surface area contributed by atoms with E-state index in [9.17, 15) is 0 Å². The summed E-state index contributed by atoms with van der Waals surface area (Å²) in [5, 5.41) is 3.84. The first-order valence-corrected chi connectivity index (χ1v) is 4.38. The first-order chi connectivity index (χ1) is 5.86. The van der Waals surface area contributed by atoms with Crippen LogP contribution in [0, 0.1) is 0 Å². The lowest BCUT2D eigenvalue weighted by Crippen LogP contribution is -2.26. The fourth-order valence-corrected chi connectivity index (χ4v) is 1.74. The number of hydrogen-bond donors (Lipinski definition) is 1. The van der Waals surface area contributed by atoms with E-state index < -0.39 is 0 Å². The topological polar surface area (TPSA) is 64.9 Å². The van der Waals surface area contributed by atoms with Gasteiger partial charge in [0, 0.05) is 12.0 Å². The number of rotatable bonds is 1. The number of nitrogens with two attached hydrogens (primary N) is 1. The molecule has 66 valence electrons. The normalized spacial score (nSPS) is 30.4. The highest BCUT2D eigenvalue weighted by Gasteiger charge is 2.22. The summed E-state index contributed by atoms with van der Waals surface area (Å²) in [5.74, 6) is 1.32. The van der Waals surface area contributed by atoms with E-state index in [1.165, 1.54) is 6.39 Å². The van der Waals surface area contributed by atoms with E-state index in [-0.39, 0.29) is 0 Å². The third kappa shape index (κ3) is 1.48. The smallest absolute Gasteiger partial charge is 0.213 e. The maximum Gasteiger partial charge on any atom is 0.213 e. The Morgan fingerprint density at radius 2 is 2.08 bits per heavy atom. The van der Waals surface area contributed by atoms with E-state index in [0.29, 0.717) is 12.0 Å². The van der Waals surface area contributed by atoms with Crippen LogP contribution in [0.25, 0.3) is 0 Å². The largest absolute Gasteiger partial charge is 0.343 e. The molecule has 4 nitrogen and oxygen atoms in total. The maximum absolute atomic E-state index is 5.79. The molecule has 0 aliphatic heterocycles. The Labute approximate surface area is 71.1 Å². The molecule has 0 radical (unpaired) electrons. The van der Waals surface area contributed by atoms with Crippen molar-refractivity contribution in [3.63, 3.8) is 0 Å². The summed E-state index contributed by atoms with van der Waals surface area (Å²) in [6.45, 7) is 0. The van der Waals surface area contributed by atoms with Crippen molar-refractivity contribution in [3.05, 3.63) is 12.2 Å². The summed E-state index contributed by atoms with van der Waals surface area (Å²) in [7, 11) is 0. The Balaban J connectivity index is 1.99. The Bertz CT molecular complexity index is 226. The zero-order chi connectivity index (χ0) is 8.39. The van der Waals surface area contributed by atoms with Crippen molar-refractivity contribution in [2.24, 2.45) is 5.73 Å². The Hall–Kier alpha value is -0.900. The van der Waals surface area contributed by atoms with Gasteiger partial charge in [0.15, 0.2) is 5.82 Å². The average molecular weight is 167 g/mol. The van der Waals surface area contributed by atoms with Crippen LogP contribution in [0.5, 0.6) is 0 Å². The summed E-state index contributed by atoms with van der Waals surface area (Å²) < 4.78 is 4.70. The third-order valence-corrected chi connectivity index (χ3v) is 2.52.